The number of carbonyl (C=O) groups is 1. The maximum atomic E-state index is 11.7. The number of urea groups is 1. The Morgan fingerprint density at radius 3 is 2.48 bits per heavy atom. The van der Waals surface area contributed by atoms with Gasteiger partial charge in [0.1, 0.15) is 0 Å². The number of benzene rings is 1. The van der Waals surface area contributed by atoms with E-state index >= 15 is 0 Å². The van der Waals surface area contributed by atoms with Crippen molar-refractivity contribution in [2.24, 2.45) is 0 Å². The molecule has 1 aromatic rings. The Morgan fingerprint density at radius 2 is 1.90 bits per heavy atom. The number of likely N-dealkylation sites (N-methyl/N-ethyl adjacent to an activating group) is 1. The van der Waals surface area contributed by atoms with Gasteiger partial charge in [-0.15, -0.1) is 0 Å². The van der Waals surface area contributed by atoms with Crippen molar-refractivity contribution in [3.63, 3.8) is 0 Å². The highest BCUT2D eigenvalue weighted by molar-refractivity contribution is 5.73. The molecule has 0 aliphatic carbocycles. The summed E-state index contributed by atoms with van der Waals surface area (Å²) in [7, 11) is 3.99. The number of rotatable bonds is 8. The predicted octanol–water partition coefficient (Wildman–Crippen LogP) is 1.75. The van der Waals surface area contributed by atoms with Crippen LogP contribution in [0.3, 0.4) is 0 Å². The Bertz CT molecular complexity index is 409. The summed E-state index contributed by atoms with van der Waals surface area (Å²) in [6, 6.07) is 10.0. The second-order valence-corrected chi connectivity index (χ2v) is 5.38. The summed E-state index contributed by atoms with van der Waals surface area (Å²) in [6.07, 6.45) is 0.948. The lowest BCUT2D eigenvalue weighted by molar-refractivity contribution is 0.160. The molecule has 0 aliphatic rings. The standard InChI is InChI=1S/C16H27N3O2/c1-4-14(20)10-11-17-16(21)18-12-15(19(2)3)13-8-6-5-7-9-13/h5-9,14-15,20H,4,10-12H2,1-3H3,(H2,17,18,21). The number of hydrogen-bond donors (Lipinski definition) is 3. The molecule has 0 radical (unpaired) electrons. The molecule has 5 heteroatoms. The summed E-state index contributed by atoms with van der Waals surface area (Å²) in [5.41, 5.74) is 1.17. The average Bonchev–Trinajstić information content (AvgIpc) is 2.48. The third-order valence-corrected chi connectivity index (χ3v) is 3.50. The second-order valence-electron chi connectivity index (χ2n) is 5.38. The highest BCUT2D eigenvalue weighted by Gasteiger charge is 2.14. The molecule has 5 nitrogen and oxygen atoms in total. The maximum Gasteiger partial charge on any atom is 0.314 e. The zero-order valence-electron chi connectivity index (χ0n) is 13.2. The van der Waals surface area contributed by atoms with Crippen LogP contribution in [0, 0.1) is 0 Å². The van der Waals surface area contributed by atoms with Crippen LogP contribution in [0.2, 0.25) is 0 Å². The van der Waals surface area contributed by atoms with Crippen molar-refractivity contribution >= 4 is 6.03 Å². The van der Waals surface area contributed by atoms with Gasteiger partial charge in [0.2, 0.25) is 0 Å². The highest BCUT2D eigenvalue weighted by atomic mass is 16.3. The van der Waals surface area contributed by atoms with E-state index in [0.29, 0.717) is 25.9 Å². The molecule has 1 aromatic carbocycles. The summed E-state index contributed by atoms with van der Waals surface area (Å²) >= 11 is 0. The number of amides is 2. The van der Waals surface area contributed by atoms with Crippen LogP contribution in [0.25, 0.3) is 0 Å². The van der Waals surface area contributed by atoms with E-state index in [4.69, 9.17) is 0 Å². The first-order chi connectivity index (χ1) is 10.0. The Labute approximate surface area is 127 Å². The third-order valence-electron chi connectivity index (χ3n) is 3.50. The zero-order chi connectivity index (χ0) is 15.7. The lowest BCUT2D eigenvalue weighted by atomic mass is 10.1. The molecule has 0 spiro atoms. The molecule has 21 heavy (non-hydrogen) atoms. The first kappa shape index (κ1) is 17.5. The molecular formula is C16H27N3O2. The molecule has 0 saturated carbocycles. The van der Waals surface area contributed by atoms with Crippen LogP contribution >= 0.6 is 0 Å². The van der Waals surface area contributed by atoms with Gasteiger partial charge in [-0.2, -0.15) is 0 Å². The SMILES string of the molecule is CCC(O)CCNC(=O)NCC(c1ccccc1)N(C)C. The van der Waals surface area contributed by atoms with E-state index in [9.17, 15) is 9.90 Å². The monoisotopic (exact) mass is 293 g/mol. The molecule has 0 fully saturated rings. The van der Waals surface area contributed by atoms with Crippen LogP contribution in [0.1, 0.15) is 31.4 Å². The van der Waals surface area contributed by atoms with Crippen LogP contribution in [-0.4, -0.2) is 49.3 Å². The summed E-state index contributed by atoms with van der Waals surface area (Å²) in [5, 5.41) is 15.1. The molecule has 1 rings (SSSR count). The van der Waals surface area contributed by atoms with Gasteiger partial charge in [-0.1, -0.05) is 37.3 Å². The minimum absolute atomic E-state index is 0.137. The summed E-state index contributed by atoms with van der Waals surface area (Å²) in [4.78, 5) is 13.8. The summed E-state index contributed by atoms with van der Waals surface area (Å²) in [6.45, 7) is 2.95. The Hall–Kier alpha value is -1.59. The smallest absolute Gasteiger partial charge is 0.314 e. The average molecular weight is 293 g/mol. The Balaban J connectivity index is 2.38. The van der Waals surface area contributed by atoms with Gasteiger partial charge in [-0.25, -0.2) is 4.79 Å². The van der Waals surface area contributed by atoms with Gasteiger partial charge in [-0.3, -0.25) is 0 Å². The molecule has 3 N–H and O–H groups in total. The molecule has 118 valence electrons. The minimum Gasteiger partial charge on any atom is -0.393 e. The van der Waals surface area contributed by atoms with Gasteiger partial charge in [0.15, 0.2) is 0 Å². The fourth-order valence-corrected chi connectivity index (χ4v) is 2.08. The molecule has 0 aromatic heterocycles. The van der Waals surface area contributed by atoms with Crippen LogP contribution in [-0.2, 0) is 0 Å². The predicted molar refractivity (Wildman–Crippen MR) is 85.2 cm³/mol. The van der Waals surface area contributed by atoms with Crippen molar-refractivity contribution in [2.75, 3.05) is 27.2 Å². The van der Waals surface area contributed by atoms with Crippen molar-refractivity contribution in [3.8, 4) is 0 Å². The summed E-state index contributed by atoms with van der Waals surface area (Å²) < 4.78 is 0. The van der Waals surface area contributed by atoms with Gasteiger partial charge in [0.05, 0.1) is 12.1 Å². The maximum absolute atomic E-state index is 11.7. The van der Waals surface area contributed by atoms with Crippen molar-refractivity contribution in [1.29, 1.82) is 0 Å². The Kier molecular flexibility index (Phi) is 7.79. The van der Waals surface area contributed by atoms with E-state index in [1.54, 1.807) is 0 Å². The van der Waals surface area contributed by atoms with E-state index in [1.807, 2.05) is 39.2 Å². The molecule has 0 saturated heterocycles. The molecule has 2 atom stereocenters. The van der Waals surface area contributed by atoms with Crippen molar-refractivity contribution in [1.82, 2.24) is 15.5 Å². The quantitative estimate of drug-likeness (QED) is 0.684. The fourth-order valence-electron chi connectivity index (χ4n) is 2.08. The lowest BCUT2D eigenvalue weighted by Gasteiger charge is -2.25. The number of nitrogens with zero attached hydrogens (tertiary/aromatic N) is 1. The van der Waals surface area contributed by atoms with Crippen LogP contribution in [0.15, 0.2) is 30.3 Å². The molecule has 2 unspecified atom stereocenters. The number of carbonyl (C=O) groups excluding carboxylic acids is 1. The largest absolute Gasteiger partial charge is 0.393 e. The lowest BCUT2D eigenvalue weighted by Crippen LogP contribution is -2.41. The molecule has 0 bridgehead atoms. The second kappa shape index (κ2) is 9.37. The van der Waals surface area contributed by atoms with Crippen molar-refractivity contribution in [3.05, 3.63) is 35.9 Å². The third kappa shape index (κ3) is 6.60. The van der Waals surface area contributed by atoms with E-state index in [2.05, 4.69) is 27.7 Å². The first-order valence-electron chi connectivity index (χ1n) is 7.45. The van der Waals surface area contributed by atoms with Gasteiger partial charge >= 0.3 is 6.03 Å². The van der Waals surface area contributed by atoms with Crippen LogP contribution in [0.4, 0.5) is 4.79 Å². The molecule has 0 aliphatic heterocycles. The minimum atomic E-state index is -0.343. The topological polar surface area (TPSA) is 64.6 Å². The number of aliphatic hydroxyl groups excluding tert-OH is 1. The number of nitrogens with one attached hydrogen (secondary N) is 2. The fraction of sp³-hybridized carbons (Fsp3) is 0.562. The molecular weight excluding hydrogens is 266 g/mol. The van der Waals surface area contributed by atoms with Crippen molar-refractivity contribution < 1.29 is 9.90 Å². The number of hydrogen-bond acceptors (Lipinski definition) is 3. The van der Waals surface area contributed by atoms with E-state index < -0.39 is 0 Å². The van der Waals surface area contributed by atoms with Gasteiger partial charge in [0.25, 0.3) is 0 Å². The van der Waals surface area contributed by atoms with E-state index in [-0.39, 0.29) is 18.2 Å². The number of aliphatic hydroxyl groups is 1. The highest BCUT2D eigenvalue weighted by Crippen LogP contribution is 2.16. The van der Waals surface area contributed by atoms with Crippen molar-refractivity contribution in [2.45, 2.75) is 31.9 Å². The zero-order valence-corrected chi connectivity index (χ0v) is 13.2. The normalized spacial score (nSPS) is 13.8. The summed E-state index contributed by atoms with van der Waals surface area (Å²) in [5.74, 6) is 0. The van der Waals surface area contributed by atoms with Crippen LogP contribution in [0.5, 0.6) is 0 Å². The van der Waals surface area contributed by atoms with E-state index in [1.165, 1.54) is 5.56 Å². The van der Waals surface area contributed by atoms with Crippen LogP contribution < -0.4 is 10.6 Å². The molecule has 2 amide bonds. The van der Waals surface area contributed by atoms with Gasteiger partial charge in [0, 0.05) is 13.1 Å². The Morgan fingerprint density at radius 1 is 1.24 bits per heavy atom. The van der Waals surface area contributed by atoms with Gasteiger partial charge < -0.3 is 20.6 Å². The first-order valence-corrected chi connectivity index (χ1v) is 7.45. The van der Waals surface area contributed by atoms with E-state index in [0.717, 1.165) is 0 Å². The van der Waals surface area contributed by atoms with Gasteiger partial charge in [-0.05, 0) is 32.5 Å². The molecule has 0 heterocycles.